The number of nitrogens with one attached hydrogen (secondary N) is 1. The molecule has 2 aromatic rings. The molecule has 90 valence electrons. The molecule has 1 aromatic heterocycles. The van der Waals surface area contributed by atoms with E-state index in [-0.39, 0.29) is 6.10 Å². The van der Waals surface area contributed by atoms with Crippen molar-refractivity contribution in [3.05, 3.63) is 35.6 Å². The minimum Gasteiger partial charge on any atom is -0.461 e. The summed E-state index contributed by atoms with van der Waals surface area (Å²) in [5.74, 6) is 1.06. The van der Waals surface area contributed by atoms with Gasteiger partial charge in [0.2, 0.25) is 0 Å². The zero-order chi connectivity index (χ0) is 11.7. The van der Waals surface area contributed by atoms with E-state index in [1.165, 1.54) is 10.9 Å². The summed E-state index contributed by atoms with van der Waals surface area (Å²) < 4.78 is 11.6. The third-order valence-electron chi connectivity index (χ3n) is 3.36. The summed E-state index contributed by atoms with van der Waals surface area (Å²) in [6.45, 7) is 4.79. The minimum atomic E-state index is 0.239. The Labute approximate surface area is 101 Å². The maximum atomic E-state index is 5.89. The van der Waals surface area contributed by atoms with E-state index >= 15 is 0 Å². The van der Waals surface area contributed by atoms with Gasteiger partial charge in [0.05, 0.1) is 12.7 Å². The van der Waals surface area contributed by atoms with Crippen LogP contribution in [0.15, 0.2) is 28.7 Å². The summed E-state index contributed by atoms with van der Waals surface area (Å²) in [6, 6.07) is 8.18. The molecule has 1 N–H and O–H groups in total. The van der Waals surface area contributed by atoms with Crippen LogP contribution in [0.3, 0.4) is 0 Å². The maximum Gasteiger partial charge on any atom is 0.134 e. The topological polar surface area (TPSA) is 34.4 Å². The Kier molecular flexibility index (Phi) is 2.87. The van der Waals surface area contributed by atoms with Crippen molar-refractivity contribution in [2.24, 2.45) is 0 Å². The van der Waals surface area contributed by atoms with E-state index in [0.717, 1.165) is 37.5 Å². The Morgan fingerprint density at radius 1 is 1.35 bits per heavy atom. The van der Waals surface area contributed by atoms with Gasteiger partial charge in [-0.3, -0.25) is 0 Å². The molecule has 0 spiro atoms. The molecule has 0 bridgehead atoms. The quantitative estimate of drug-likeness (QED) is 0.861. The van der Waals surface area contributed by atoms with E-state index < -0.39 is 0 Å². The molecule has 1 aliphatic heterocycles. The van der Waals surface area contributed by atoms with Crippen molar-refractivity contribution in [2.45, 2.75) is 19.4 Å². The molecule has 0 saturated carbocycles. The molecule has 0 radical (unpaired) electrons. The summed E-state index contributed by atoms with van der Waals surface area (Å²) in [6.07, 6.45) is 1.09. The van der Waals surface area contributed by atoms with Gasteiger partial charge in [-0.15, -0.1) is 0 Å². The molecule has 1 aromatic carbocycles. The van der Waals surface area contributed by atoms with Crippen LogP contribution in [-0.2, 0) is 11.2 Å². The fourth-order valence-electron chi connectivity index (χ4n) is 2.38. The van der Waals surface area contributed by atoms with Crippen LogP contribution in [0.4, 0.5) is 0 Å². The highest BCUT2D eigenvalue weighted by molar-refractivity contribution is 5.81. The van der Waals surface area contributed by atoms with Gasteiger partial charge >= 0.3 is 0 Å². The van der Waals surface area contributed by atoms with E-state index in [1.54, 1.807) is 0 Å². The van der Waals surface area contributed by atoms with Gasteiger partial charge in [0.25, 0.3) is 0 Å². The van der Waals surface area contributed by atoms with Crippen LogP contribution >= 0.6 is 0 Å². The Morgan fingerprint density at radius 3 is 3.00 bits per heavy atom. The summed E-state index contributed by atoms with van der Waals surface area (Å²) in [4.78, 5) is 0. The van der Waals surface area contributed by atoms with Crippen LogP contribution in [0.5, 0.6) is 0 Å². The smallest absolute Gasteiger partial charge is 0.134 e. The summed E-state index contributed by atoms with van der Waals surface area (Å²) in [7, 11) is 0. The van der Waals surface area contributed by atoms with Crippen LogP contribution in [-0.4, -0.2) is 25.8 Å². The van der Waals surface area contributed by atoms with Gasteiger partial charge in [0.1, 0.15) is 11.3 Å². The first-order valence-corrected chi connectivity index (χ1v) is 6.14. The Hall–Kier alpha value is -1.32. The summed E-state index contributed by atoms with van der Waals surface area (Å²) >= 11 is 0. The first kappa shape index (κ1) is 10.8. The molecule has 3 nitrogen and oxygen atoms in total. The lowest BCUT2D eigenvalue weighted by molar-refractivity contribution is 0.0264. The van der Waals surface area contributed by atoms with Crippen molar-refractivity contribution < 1.29 is 9.15 Å². The van der Waals surface area contributed by atoms with Crippen LogP contribution in [0.1, 0.15) is 11.3 Å². The largest absolute Gasteiger partial charge is 0.461 e. The Balaban J connectivity index is 1.87. The highest BCUT2D eigenvalue weighted by Crippen LogP contribution is 2.26. The molecule has 17 heavy (non-hydrogen) atoms. The van der Waals surface area contributed by atoms with Crippen molar-refractivity contribution in [1.82, 2.24) is 5.32 Å². The van der Waals surface area contributed by atoms with Gasteiger partial charge in [-0.05, 0) is 18.6 Å². The molecule has 1 fully saturated rings. The lowest BCUT2D eigenvalue weighted by Crippen LogP contribution is -2.39. The molecule has 3 rings (SSSR count). The van der Waals surface area contributed by atoms with E-state index in [1.807, 2.05) is 18.2 Å². The third-order valence-corrected chi connectivity index (χ3v) is 3.36. The number of hydrogen-bond donors (Lipinski definition) is 1. The predicted octanol–water partition coefficient (Wildman–Crippen LogP) is 2.27. The molecule has 1 aliphatic rings. The number of furan rings is 1. The monoisotopic (exact) mass is 231 g/mol. The molecular formula is C14H17NO2. The summed E-state index contributed by atoms with van der Waals surface area (Å²) in [5.41, 5.74) is 2.22. The lowest BCUT2D eigenvalue weighted by atomic mass is 10.1. The Morgan fingerprint density at radius 2 is 2.24 bits per heavy atom. The van der Waals surface area contributed by atoms with Crippen LogP contribution < -0.4 is 5.32 Å². The number of aryl methyl sites for hydroxylation is 1. The molecule has 1 saturated heterocycles. The number of benzene rings is 1. The van der Waals surface area contributed by atoms with Crippen LogP contribution in [0, 0.1) is 6.92 Å². The molecule has 1 unspecified atom stereocenters. The maximum absolute atomic E-state index is 5.89. The minimum absolute atomic E-state index is 0.239. The first-order chi connectivity index (χ1) is 8.34. The van der Waals surface area contributed by atoms with Crippen molar-refractivity contribution in [3.8, 4) is 0 Å². The fraction of sp³-hybridized carbons (Fsp3) is 0.429. The SMILES string of the molecule is Cc1c(CC2CNCCO2)oc2ccccc12. The van der Waals surface area contributed by atoms with Gasteiger partial charge in [-0.1, -0.05) is 18.2 Å². The average molecular weight is 231 g/mol. The van der Waals surface area contributed by atoms with E-state index in [4.69, 9.17) is 9.15 Å². The van der Waals surface area contributed by atoms with Crippen molar-refractivity contribution >= 4 is 11.0 Å². The number of morpholine rings is 1. The van der Waals surface area contributed by atoms with Crippen molar-refractivity contribution in [1.29, 1.82) is 0 Å². The zero-order valence-electron chi connectivity index (χ0n) is 10.0. The van der Waals surface area contributed by atoms with Crippen molar-refractivity contribution in [2.75, 3.05) is 19.7 Å². The van der Waals surface area contributed by atoms with Crippen molar-refractivity contribution in [3.63, 3.8) is 0 Å². The Bertz CT molecular complexity index is 512. The zero-order valence-corrected chi connectivity index (χ0v) is 10.0. The van der Waals surface area contributed by atoms with Gasteiger partial charge in [-0.2, -0.15) is 0 Å². The second kappa shape index (κ2) is 4.51. The standard InChI is InChI=1S/C14H17NO2/c1-10-12-4-2-3-5-13(12)17-14(10)8-11-9-15-6-7-16-11/h2-5,11,15H,6-9H2,1H3. The van der Waals surface area contributed by atoms with Gasteiger partial charge < -0.3 is 14.5 Å². The molecule has 0 amide bonds. The number of rotatable bonds is 2. The van der Waals surface area contributed by atoms with Crippen LogP contribution in [0.2, 0.25) is 0 Å². The highest BCUT2D eigenvalue weighted by atomic mass is 16.5. The number of ether oxygens (including phenoxy) is 1. The second-order valence-corrected chi connectivity index (χ2v) is 4.55. The molecule has 0 aliphatic carbocycles. The fourth-order valence-corrected chi connectivity index (χ4v) is 2.38. The van der Waals surface area contributed by atoms with E-state index in [9.17, 15) is 0 Å². The van der Waals surface area contributed by atoms with Gasteiger partial charge in [-0.25, -0.2) is 0 Å². The van der Waals surface area contributed by atoms with Gasteiger partial charge in [0, 0.05) is 24.9 Å². The van der Waals surface area contributed by atoms with E-state index in [2.05, 4.69) is 18.3 Å². The second-order valence-electron chi connectivity index (χ2n) is 4.55. The summed E-state index contributed by atoms with van der Waals surface area (Å²) in [5, 5.41) is 4.56. The van der Waals surface area contributed by atoms with Crippen LogP contribution in [0.25, 0.3) is 11.0 Å². The molecular weight excluding hydrogens is 214 g/mol. The normalized spacial score (nSPS) is 20.9. The predicted molar refractivity (Wildman–Crippen MR) is 67.3 cm³/mol. The van der Waals surface area contributed by atoms with Gasteiger partial charge in [0.15, 0.2) is 0 Å². The first-order valence-electron chi connectivity index (χ1n) is 6.14. The number of fused-ring (bicyclic) bond motifs is 1. The average Bonchev–Trinajstić information content (AvgIpc) is 2.68. The number of para-hydroxylation sites is 1. The molecule has 1 atom stereocenters. The third kappa shape index (κ3) is 2.08. The number of hydrogen-bond acceptors (Lipinski definition) is 3. The highest BCUT2D eigenvalue weighted by Gasteiger charge is 2.18. The molecule has 2 heterocycles. The molecule has 3 heteroatoms. The van der Waals surface area contributed by atoms with E-state index in [0.29, 0.717) is 0 Å². The lowest BCUT2D eigenvalue weighted by Gasteiger charge is -2.22.